The van der Waals surface area contributed by atoms with Crippen molar-refractivity contribution in [3.05, 3.63) is 70.1 Å². The number of para-hydroxylation sites is 2. The maximum absolute atomic E-state index is 12.1. The molecule has 1 aliphatic heterocycles. The van der Waals surface area contributed by atoms with Gasteiger partial charge < -0.3 is 13.9 Å². The third-order valence-corrected chi connectivity index (χ3v) is 5.17. The highest BCUT2D eigenvalue weighted by Gasteiger charge is 2.23. The van der Waals surface area contributed by atoms with Crippen molar-refractivity contribution in [3.63, 3.8) is 0 Å². The maximum Gasteiger partial charge on any atom is 0.336 e. The summed E-state index contributed by atoms with van der Waals surface area (Å²) in [4.78, 5) is 14.3. The molecule has 0 N–H and O–H groups in total. The van der Waals surface area contributed by atoms with Gasteiger partial charge in [-0.15, -0.1) is 0 Å². The normalized spacial score (nSPS) is 15.9. The number of ether oxygens (including phenoxy) is 2. The second kappa shape index (κ2) is 8.07. The topological polar surface area (TPSA) is 51.9 Å². The second-order valence-corrected chi connectivity index (χ2v) is 7.10. The van der Waals surface area contributed by atoms with Gasteiger partial charge in [0.15, 0.2) is 11.5 Å². The van der Waals surface area contributed by atoms with Gasteiger partial charge in [0.2, 0.25) is 0 Å². The van der Waals surface area contributed by atoms with Gasteiger partial charge in [0, 0.05) is 24.5 Å². The average molecular weight is 379 g/mol. The summed E-state index contributed by atoms with van der Waals surface area (Å²) in [7, 11) is 0. The van der Waals surface area contributed by atoms with E-state index in [9.17, 15) is 4.79 Å². The number of fused-ring (bicyclic) bond motifs is 2. The Hall–Kier alpha value is -2.79. The number of nitrogens with zero attached hydrogens (tertiary/aromatic N) is 1. The highest BCUT2D eigenvalue weighted by atomic mass is 16.6. The molecule has 2 heterocycles. The molecular weight excluding hydrogens is 354 g/mol. The predicted octanol–water partition coefficient (Wildman–Crippen LogP) is 4.02. The average Bonchev–Trinajstić information content (AvgIpc) is 2.72. The molecule has 5 heteroatoms. The number of aryl methyl sites for hydroxylation is 1. The van der Waals surface area contributed by atoms with Crippen LogP contribution in [0.25, 0.3) is 11.0 Å². The van der Waals surface area contributed by atoms with Crippen LogP contribution >= 0.6 is 0 Å². The van der Waals surface area contributed by atoms with Crippen molar-refractivity contribution in [3.8, 4) is 11.5 Å². The van der Waals surface area contributed by atoms with Gasteiger partial charge in [-0.25, -0.2) is 4.79 Å². The van der Waals surface area contributed by atoms with Crippen molar-refractivity contribution < 1.29 is 13.9 Å². The largest absolute Gasteiger partial charge is 0.486 e. The minimum absolute atomic E-state index is 0.0482. The van der Waals surface area contributed by atoms with Crippen LogP contribution in [0.3, 0.4) is 0 Å². The Bertz CT molecular complexity index is 1030. The van der Waals surface area contributed by atoms with E-state index < -0.39 is 0 Å². The maximum atomic E-state index is 12.1. The Morgan fingerprint density at radius 1 is 1.07 bits per heavy atom. The summed E-state index contributed by atoms with van der Waals surface area (Å²) >= 11 is 0. The third-order valence-electron chi connectivity index (χ3n) is 5.17. The summed E-state index contributed by atoms with van der Waals surface area (Å²) in [6, 6.07) is 15.4. The van der Waals surface area contributed by atoms with E-state index in [4.69, 9.17) is 13.9 Å². The molecule has 2 aromatic carbocycles. The zero-order valence-corrected chi connectivity index (χ0v) is 16.3. The highest BCUT2D eigenvalue weighted by Crippen LogP contribution is 2.31. The molecule has 1 atom stereocenters. The van der Waals surface area contributed by atoms with E-state index in [1.807, 2.05) is 30.3 Å². The number of benzene rings is 2. The third kappa shape index (κ3) is 3.90. The molecule has 0 spiro atoms. The Morgan fingerprint density at radius 3 is 2.68 bits per heavy atom. The molecule has 28 heavy (non-hydrogen) atoms. The van der Waals surface area contributed by atoms with Crippen molar-refractivity contribution in [2.75, 3.05) is 19.7 Å². The monoisotopic (exact) mass is 379 g/mol. The number of hydrogen-bond acceptors (Lipinski definition) is 5. The summed E-state index contributed by atoms with van der Waals surface area (Å²) in [5.41, 5.74) is 2.49. The quantitative estimate of drug-likeness (QED) is 0.606. The van der Waals surface area contributed by atoms with Crippen molar-refractivity contribution in [2.45, 2.75) is 32.9 Å². The molecule has 4 rings (SSSR count). The Kier molecular flexibility index (Phi) is 5.35. The number of hydrogen-bond donors (Lipinski definition) is 0. The molecule has 0 saturated carbocycles. The Balaban J connectivity index is 1.53. The van der Waals surface area contributed by atoms with E-state index in [0.29, 0.717) is 18.7 Å². The molecule has 1 unspecified atom stereocenters. The van der Waals surface area contributed by atoms with Gasteiger partial charge in [-0.1, -0.05) is 38.1 Å². The molecule has 146 valence electrons. The van der Waals surface area contributed by atoms with Crippen LogP contribution < -0.4 is 15.1 Å². The molecule has 5 nitrogen and oxygen atoms in total. The molecule has 0 fully saturated rings. The lowest BCUT2D eigenvalue weighted by molar-refractivity contribution is 0.0581. The van der Waals surface area contributed by atoms with Gasteiger partial charge in [0.25, 0.3) is 0 Å². The summed E-state index contributed by atoms with van der Waals surface area (Å²) in [5.74, 6) is 1.58. The first-order valence-corrected chi connectivity index (χ1v) is 9.82. The fraction of sp³-hybridized carbons (Fsp3) is 0.348. The highest BCUT2D eigenvalue weighted by molar-refractivity contribution is 5.80. The van der Waals surface area contributed by atoms with E-state index in [0.717, 1.165) is 47.5 Å². The fourth-order valence-electron chi connectivity index (χ4n) is 3.61. The lowest BCUT2D eigenvalue weighted by atomic mass is 10.1. The molecule has 0 radical (unpaired) electrons. The summed E-state index contributed by atoms with van der Waals surface area (Å²) in [6.07, 6.45) is 0.860. The fourth-order valence-corrected chi connectivity index (χ4v) is 3.61. The number of rotatable bonds is 6. The zero-order chi connectivity index (χ0) is 19.5. The van der Waals surface area contributed by atoms with Gasteiger partial charge in [-0.2, -0.15) is 0 Å². The number of likely N-dealkylation sites (N-methyl/N-ethyl adjacent to an activating group) is 1. The SMILES string of the molecule is CCc1ccc2c(CN(CC)CC3COc4ccccc4O3)cc(=O)oc2c1. The minimum Gasteiger partial charge on any atom is -0.486 e. The summed E-state index contributed by atoms with van der Waals surface area (Å²) in [6.45, 7) is 6.94. The molecule has 0 saturated heterocycles. The van der Waals surface area contributed by atoms with Crippen LogP contribution in [0.4, 0.5) is 0 Å². The van der Waals surface area contributed by atoms with Gasteiger partial charge in [0.05, 0.1) is 0 Å². The van der Waals surface area contributed by atoms with Crippen LogP contribution in [0.15, 0.2) is 57.7 Å². The minimum atomic E-state index is -0.307. The Morgan fingerprint density at radius 2 is 1.89 bits per heavy atom. The van der Waals surface area contributed by atoms with Crippen LogP contribution in [-0.2, 0) is 13.0 Å². The van der Waals surface area contributed by atoms with E-state index in [1.165, 1.54) is 0 Å². The lowest BCUT2D eigenvalue weighted by Crippen LogP contribution is -2.40. The van der Waals surface area contributed by atoms with E-state index in [2.05, 4.69) is 30.9 Å². The first-order chi connectivity index (χ1) is 13.7. The van der Waals surface area contributed by atoms with Crippen molar-refractivity contribution in [1.82, 2.24) is 4.90 Å². The standard InChI is InChI=1S/C23H25NO4/c1-3-16-9-10-19-17(12-23(25)28-22(19)11-16)13-24(4-2)14-18-15-26-20-7-5-6-8-21(20)27-18/h5-12,18H,3-4,13-15H2,1-2H3. The first-order valence-electron chi connectivity index (χ1n) is 9.82. The second-order valence-electron chi connectivity index (χ2n) is 7.10. The van der Waals surface area contributed by atoms with Gasteiger partial charge in [-0.05, 0) is 42.3 Å². The predicted molar refractivity (Wildman–Crippen MR) is 109 cm³/mol. The van der Waals surface area contributed by atoms with Gasteiger partial charge in [-0.3, -0.25) is 4.90 Å². The van der Waals surface area contributed by atoms with E-state index >= 15 is 0 Å². The summed E-state index contributed by atoms with van der Waals surface area (Å²) < 4.78 is 17.4. The van der Waals surface area contributed by atoms with E-state index in [1.54, 1.807) is 6.07 Å². The van der Waals surface area contributed by atoms with Crippen LogP contribution in [0.5, 0.6) is 11.5 Å². The van der Waals surface area contributed by atoms with Gasteiger partial charge in [0.1, 0.15) is 18.3 Å². The Labute approximate surface area is 164 Å². The molecule has 0 amide bonds. The molecule has 1 aromatic heterocycles. The molecular formula is C23H25NO4. The lowest BCUT2D eigenvalue weighted by Gasteiger charge is -2.31. The smallest absolute Gasteiger partial charge is 0.336 e. The van der Waals surface area contributed by atoms with Crippen LogP contribution in [0.1, 0.15) is 25.0 Å². The molecule has 3 aromatic rings. The van der Waals surface area contributed by atoms with Crippen LogP contribution in [0.2, 0.25) is 0 Å². The first kappa shape index (κ1) is 18.6. The summed E-state index contributed by atoms with van der Waals surface area (Å²) in [5, 5.41) is 0.987. The van der Waals surface area contributed by atoms with Crippen molar-refractivity contribution in [1.29, 1.82) is 0 Å². The molecule has 1 aliphatic rings. The molecule has 0 bridgehead atoms. The van der Waals surface area contributed by atoms with E-state index in [-0.39, 0.29) is 11.7 Å². The molecule has 0 aliphatic carbocycles. The van der Waals surface area contributed by atoms with Crippen molar-refractivity contribution in [2.24, 2.45) is 0 Å². The van der Waals surface area contributed by atoms with Crippen LogP contribution in [0, 0.1) is 0 Å². The van der Waals surface area contributed by atoms with Crippen LogP contribution in [-0.4, -0.2) is 30.7 Å². The zero-order valence-electron chi connectivity index (χ0n) is 16.3. The van der Waals surface area contributed by atoms with Crippen molar-refractivity contribution >= 4 is 11.0 Å². The van der Waals surface area contributed by atoms with Gasteiger partial charge >= 0.3 is 5.63 Å².